The summed E-state index contributed by atoms with van der Waals surface area (Å²) >= 11 is 4.66. The highest BCUT2D eigenvalue weighted by Crippen LogP contribution is 2.35. The molecule has 0 spiro atoms. The van der Waals surface area contributed by atoms with Crippen molar-refractivity contribution in [3.8, 4) is 5.88 Å². The van der Waals surface area contributed by atoms with Gasteiger partial charge in [0.2, 0.25) is 5.88 Å². The molecule has 3 rings (SSSR count). The molecular weight excluding hydrogens is 436 g/mol. The Morgan fingerprint density at radius 2 is 1.82 bits per heavy atom. The van der Waals surface area contributed by atoms with Crippen LogP contribution in [0.25, 0.3) is 0 Å². The van der Waals surface area contributed by atoms with Gasteiger partial charge in [0.1, 0.15) is 10.7 Å². The Bertz CT molecular complexity index is 988. The first-order valence-electron chi connectivity index (χ1n) is 9.34. The number of hydrogen-bond acceptors (Lipinski definition) is 4. The van der Waals surface area contributed by atoms with Crippen molar-refractivity contribution in [3.63, 3.8) is 0 Å². The van der Waals surface area contributed by atoms with Gasteiger partial charge in [0.25, 0.3) is 5.56 Å². The van der Waals surface area contributed by atoms with E-state index >= 15 is 0 Å². The molecule has 6 heteroatoms. The minimum Gasteiger partial charge on any atom is -0.493 e. The molecule has 4 nitrogen and oxygen atoms in total. The molecule has 1 atom stereocenters. The van der Waals surface area contributed by atoms with Crippen LogP contribution in [0.1, 0.15) is 44.1 Å². The normalized spacial score (nSPS) is 12.1. The molecule has 0 saturated heterocycles. The maximum atomic E-state index is 12.7. The monoisotopic (exact) mass is 458 g/mol. The largest absolute Gasteiger partial charge is 0.493 e. The Balaban J connectivity index is 2.09. The second kappa shape index (κ2) is 9.43. The van der Waals surface area contributed by atoms with Crippen molar-refractivity contribution in [1.29, 1.82) is 0 Å². The predicted molar refractivity (Wildman–Crippen MR) is 117 cm³/mol. The van der Waals surface area contributed by atoms with Crippen LogP contribution in [0.3, 0.4) is 0 Å². The fourth-order valence-electron chi connectivity index (χ4n) is 3.06. The molecule has 0 aliphatic carbocycles. The number of benzene rings is 2. The van der Waals surface area contributed by atoms with Crippen molar-refractivity contribution in [2.24, 2.45) is 0 Å². The van der Waals surface area contributed by atoms with Crippen molar-refractivity contribution < 1.29 is 5.11 Å². The van der Waals surface area contributed by atoms with E-state index in [0.29, 0.717) is 12.2 Å². The number of halogens is 1. The fourth-order valence-corrected chi connectivity index (χ4v) is 4.15. The minimum absolute atomic E-state index is 0.0182. The highest BCUT2D eigenvalue weighted by Gasteiger charge is 2.22. The van der Waals surface area contributed by atoms with Crippen LogP contribution in [0.2, 0.25) is 0 Å². The van der Waals surface area contributed by atoms with E-state index in [0.717, 1.165) is 27.8 Å². The van der Waals surface area contributed by atoms with E-state index in [1.807, 2.05) is 61.5 Å². The lowest BCUT2D eigenvalue weighted by Crippen LogP contribution is -2.22. The van der Waals surface area contributed by atoms with Gasteiger partial charge in [-0.05, 0) is 43.2 Å². The van der Waals surface area contributed by atoms with Crippen LogP contribution < -0.4 is 5.56 Å². The zero-order valence-electron chi connectivity index (χ0n) is 15.9. The molecule has 1 N–H and O–H groups in total. The van der Waals surface area contributed by atoms with Gasteiger partial charge in [0.05, 0.1) is 6.04 Å². The number of hydrogen-bond donors (Lipinski definition) is 1. The van der Waals surface area contributed by atoms with E-state index in [1.165, 1.54) is 11.8 Å². The molecule has 1 heterocycles. The molecule has 28 heavy (non-hydrogen) atoms. The summed E-state index contributed by atoms with van der Waals surface area (Å²) in [5.41, 5.74) is 0.675. The van der Waals surface area contributed by atoms with Crippen molar-refractivity contribution in [2.45, 2.75) is 48.9 Å². The van der Waals surface area contributed by atoms with Crippen LogP contribution >= 0.6 is 27.7 Å². The SMILES string of the molecule is CCCCc1nc(=O)c(Sc2ccc(Br)cc2)c(O)n1[C@@H](C)c1ccccc1. The van der Waals surface area contributed by atoms with Crippen molar-refractivity contribution >= 4 is 27.7 Å². The number of rotatable bonds is 7. The second-order valence-corrected chi connectivity index (χ2v) is 8.60. The van der Waals surface area contributed by atoms with Crippen molar-refractivity contribution in [1.82, 2.24) is 9.55 Å². The Kier molecular flexibility index (Phi) is 6.97. The smallest absolute Gasteiger partial charge is 0.290 e. The molecule has 0 radical (unpaired) electrons. The number of nitrogens with zero attached hydrogens (tertiary/aromatic N) is 2. The van der Waals surface area contributed by atoms with E-state index < -0.39 is 0 Å². The molecule has 0 bridgehead atoms. The Morgan fingerprint density at radius 1 is 1.14 bits per heavy atom. The van der Waals surface area contributed by atoms with Gasteiger partial charge < -0.3 is 5.11 Å². The summed E-state index contributed by atoms with van der Waals surface area (Å²) in [5, 5.41) is 11.1. The van der Waals surface area contributed by atoms with Gasteiger partial charge >= 0.3 is 0 Å². The summed E-state index contributed by atoms with van der Waals surface area (Å²) in [7, 11) is 0. The fraction of sp³-hybridized carbons (Fsp3) is 0.273. The number of aromatic hydroxyl groups is 1. The third-order valence-electron chi connectivity index (χ3n) is 4.59. The van der Waals surface area contributed by atoms with Gasteiger partial charge in [-0.1, -0.05) is 71.4 Å². The van der Waals surface area contributed by atoms with Gasteiger partial charge in [0.15, 0.2) is 0 Å². The van der Waals surface area contributed by atoms with Crippen LogP contribution in [-0.4, -0.2) is 14.7 Å². The van der Waals surface area contributed by atoms with E-state index in [9.17, 15) is 9.90 Å². The van der Waals surface area contributed by atoms with E-state index in [2.05, 4.69) is 27.8 Å². The summed E-state index contributed by atoms with van der Waals surface area (Å²) in [6.45, 7) is 4.12. The third kappa shape index (κ3) is 4.67. The molecule has 0 fully saturated rings. The van der Waals surface area contributed by atoms with Gasteiger partial charge in [-0.3, -0.25) is 9.36 Å². The zero-order valence-corrected chi connectivity index (χ0v) is 18.3. The molecule has 146 valence electrons. The van der Waals surface area contributed by atoms with Gasteiger partial charge in [-0.15, -0.1) is 0 Å². The topological polar surface area (TPSA) is 55.1 Å². The molecular formula is C22H23BrN2O2S. The average Bonchev–Trinajstić information content (AvgIpc) is 2.71. The molecule has 0 unspecified atom stereocenters. The third-order valence-corrected chi connectivity index (χ3v) is 6.19. The number of aromatic nitrogens is 2. The van der Waals surface area contributed by atoms with Crippen molar-refractivity contribution in [3.05, 3.63) is 80.8 Å². The van der Waals surface area contributed by atoms with Crippen LogP contribution in [-0.2, 0) is 6.42 Å². The second-order valence-electron chi connectivity index (χ2n) is 6.60. The molecule has 0 aliphatic heterocycles. The van der Waals surface area contributed by atoms with Gasteiger partial charge in [0, 0.05) is 15.8 Å². The summed E-state index contributed by atoms with van der Waals surface area (Å²) in [6, 6.07) is 17.5. The molecule has 3 aromatic rings. The van der Waals surface area contributed by atoms with Crippen LogP contribution in [0.5, 0.6) is 5.88 Å². The summed E-state index contributed by atoms with van der Waals surface area (Å²) < 4.78 is 2.76. The lowest BCUT2D eigenvalue weighted by molar-refractivity contribution is 0.371. The van der Waals surface area contributed by atoms with Crippen LogP contribution in [0.15, 0.2) is 73.7 Å². The minimum atomic E-state index is -0.381. The van der Waals surface area contributed by atoms with Crippen molar-refractivity contribution in [2.75, 3.05) is 0 Å². The quantitative estimate of drug-likeness (QED) is 0.484. The summed E-state index contributed by atoms with van der Waals surface area (Å²) in [6.07, 6.45) is 2.55. The Labute approximate surface area is 177 Å². The van der Waals surface area contributed by atoms with E-state index in [1.54, 1.807) is 4.57 Å². The number of aryl methyl sites for hydroxylation is 1. The summed E-state index contributed by atoms with van der Waals surface area (Å²) in [5.74, 6) is 0.608. The van der Waals surface area contributed by atoms with Crippen LogP contribution in [0, 0.1) is 0 Å². The van der Waals surface area contributed by atoms with Gasteiger partial charge in [-0.25, -0.2) is 0 Å². The molecule has 1 aromatic heterocycles. The lowest BCUT2D eigenvalue weighted by Gasteiger charge is -2.23. The number of unbranched alkanes of at least 4 members (excludes halogenated alkanes) is 1. The standard InChI is InChI=1S/C22H23BrN2O2S/c1-3-4-10-19-24-21(26)20(28-18-13-11-17(23)12-14-18)22(27)25(19)15(2)16-8-6-5-7-9-16/h5-9,11-15,27H,3-4,10H2,1-2H3/t15-/m0/s1. The first-order chi connectivity index (χ1) is 13.5. The highest BCUT2D eigenvalue weighted by atomic mass is 79.9. The zero-order chi connectivity index (χ0) is 20.1. The first kappa shape index (κ1) is 20.7. The van der Waals surface area contributed by atoms with Crippen LogP contribution in [0.4, 0.5) is 0 Å². The highest BCUT2D eigenvalue weighted by molar-refractivity contribution is 9.10. The summed E-state index contributed by atoms with van der Waals surface area (Å²) in [4.78, 5) is 18.2. The lowest BCUT2D eigenvalue weighted by atomic mass is 10.1. The molecule has 0 saturated carbocycles. The Hall–Kier alpha value is -2.05. The Morgan fingerprint density at radius 3 is 2.46 bits per heavy atom. The maximum Gasteiger partial charge on any atom is 0.290 e. The average molecular weight is 459 g/mol. The molecule has 0 amide bonds. The molecule has 2 aromatic carbocycles. The van der Waals surface area contributed by atoms with Gasteiger partial charge in [-0.2, -0.15) is 4.98 Å². The maximum absolute atomic E-state index is 12.7. The first-order valence-corrected chi connectivity index (χ1v) is 10.9. The predicted octanol–water partition coefficient (Wildman–Crippen LogP) is 5.81. The molecule has 0 aliphatic rings. The van der Waals surface area contributed by atoms with E-state index in [4.69, 9.17) is 0 Å². The van der Waals surface area contributed by atoms with E-state index in [-0.39, 0.29) is 22.4 Å².